The van der Waals surface area contributed by atoms with E-state index in [1.165, 1.54) is 0 Å². The molecule has 3 aromatic carbocycles. The van der Waals surface area contributed by atoms with Crippen LogP contribution in [0.1, 0.15) is 34.8 Å². The number of benzene rings is 3. The Hall–Kier alpha value is -3.97. The number of piperidine rings is 1. The molecule has 1 aliphatic heterocycles. The van der Waals surface area contributed by atoms with Crippen molar-refractivity contribution in [1.82, 2.24) is 19.9 Å². The summed E-state index contributed by atoms with van der Waals surface area (Å²) in [6.45, 7) is 1.85. The normalized spacial score (nSPS) is 14.8. The number of aromatic amines is 1. The van der Waals surface area contributed by atoms with Crippen LogP contribution in [0.5, 0.6) is 0 Å². The zero-order valence-electron chi connectivity index (χ0n) is 18.0. The Labute approximate surface area is 189 Å². The second-order valence-corrected chi connectivity index (χ2v) is 8.52. The Morgan fingerprint density at radius 2 is 1.79 bits per heavy atom. The van der Waals surface area contributed by atoms with Crippen molar-refractivity contribution in [2.45, 2.75) is 18.8 Å². The molecule has 1 saturated heterocycles. The quantitative estimate of drug-likeness (QED) is 0.397. The van der Waals surface area contributed by atoms with E-state index in [2.05, 4.69) is 15.6 Å². The Bertz CT molecular complexity index is 1570. The summed E-state index contributed by atoms with van der Waals surface area (Å²) in [5.74, 6) is 0.0644. The van der Waals surface area contributed by atoms with Crippen LogP contribution in [0.3, 0.4) is 0 Å². The van der Waals surface area contributed by atoms with E-state index in [-0.39, 0.29) is 17.4 Å². The third kappa shape index (κ3) is 3.37. The molecular weight excluding hydrogens is 414 g/mol. The second kappa shape index (κ2) is 7.86. The average Bonchev–Trinajstić information content (AvgIpc) is 3.23. The van der Waals surface area contributed by atoms with Gasteiger partial charge in [-0.2, -0.15) is 5.10 Å². The van der Waals surface area contributed by atoms with E-state index in [0.29, 0.717) is 16.9 Å². The van der Waals surface area contributed by atoms with E-state index in [1.807, 2.05) is 65.2 Å². The van der Waals surface area contributed by atoms with E-state index in [4.69, 9.17) is 5.10 Å². The van der Waals surface area contributed by atoms with Gasteiger partial charge in [-0.25, -0.2) is 4.52 Å². The van der Waals surface area contributed by atoms with Crippen LogP contribution in [0.15, 0.2) is 71.5 Å². The lowest BCUT2D eigenvalue weighted by Gasteiger charge is -2.23. The molecule has 0 atom stereocenters. The van der Waals surface area contributed by atoms with E-state index in [1.54, 1.807) is 6.07 Å². The number of nitrogens with one attached hydrogen (secondary N) is 3. The predicted octanol–water partition coefficient (Wildman–Crippen LogP) is 4.05. The van der Waals surface area contributed by atoms with Crippen LogP contribution < -0.4 is 16.2 Å². The molecule has 7 heteroatoms. The maximum atomic E-state index is 13.3. The maximum Gasteiger partial charge on any atom is 0.256 e. The van der Waals surface area contributed by atoms with Crippen LogP contribution in [-0.2, 0) is 0 Å². The number of aromatic nitrogens is 3. The summed E-state index contributed by atoms with van der Waals surface area (Å²) in [6, 6.07) is 20.8. The average molecular weight is 438 g/mol. The zero-order valence-corrected chi connectivity index (χ0v) is 18.0. The fourth-order valence-electron chi connectivity index (χ4n) is 4.91. The molecule has 3 N–H and O–H groups in total. The Morgan fingerprint density at radius 3 is 2.67 bits per heavy atom. The molecule has 1 fully saturated rings. The predicted molar refractivity (Wildman–Crippen MR) is 130 cm³/mol. The first-order chi connectivity index (χ1) is 16.2. The van der Waals surface area contributed by atoms with Gasteiger partial charge < -0.3 is 15.6 Å². The summed E-state index contributed by atoms with van der Waals surface area (Å²) in [6.07, 6.45) is 1.92. The van der Waals surface area contributed by atoms with E-state index in [9.17, 15) is 9.59 Å². The number of hydrogen-bond donors (Lipinski definition) is 3. The van der Waals surface area contributed by atoms with E-state index >= 15 is 0 Å². The van der Waals surface area contributed by atoms with Gasteiger partial charge in [0.15, 0.2) is 0 Å². The zero-order chi connectivity index (χ0) is 22.4. The molecule has 0 radical (unpaired) electrons. The lowest BCUT2D eigenvalue weighted by atomic mass is 9.94. The molecule has 164 valence electrons. The van der Waals surface area contributed by atoms with Gasteiger partial charge >= 0.3 is 0 Å². The van der Waals surface area contributed by atoms with Crippen molar-refractivity contribution in [3.05, 3.63) is 88.3 Å². The van der Waals surface area contributed by atoms with Gasteiger partial charge in [-0.15, -0.1) is 0 Å². The smallest absolute Gasteiger partial charge is 0.256 e. The first-order valence-electron chi connectivity index (χ1n) is 11.2. The highest BCUT2D eigenvalue weighted by Crippen LogP contribution is 2.31. The molecule has 0 unspecified atom stereocenters. The summed E-state index contributed by atoms with van der Waals surface area (Å²) in [5, 5.41) is 13.9. The molecule has 1 aliphatic rings. The van der Waals surface area contributed by atoms with Gasteiger partial charge in [-0.05, 0) is 54.9 Å². The van der Waals surface area contributed by atoms with Crippen LogP contribution in [0, 0.1) is 0 Å². The van der Waals surface area contributed by atoms with Gasteiger partial charge in [0.1, 0.15) is 5.65 Å². The van der Waals surface area contributed by atoms with Crippen molar-refractivity contribution in [2.24, 2.45) is 0 Å². The van der Waals surface area contributed by atoms with Gasteiger partial charge in [0.25, 0.3) is 11.5 Å². The summed E-state index contributed by atoms with van der Waals surface area (Å²) in [7, 11) is 0. The van der Waals surface area contributed by atoms with Gasteiger partial charge in [0.2, 0.25) is 0 Å². The summed E-state index contributed by atoms with van der Waals surface area (Å²) < 4.78 is 1.84. The third-order valence-corrected chi connectivity index (χ3v) is 6.50. The van der Waals surface area contributed by atoms with E-state index < -0.39 is 0 Å². The Kier molecular flexibility index (Phi) is 4.69. The minimum Gasteiger partial charge on any atom is -0.321 e. The van der Waals surface area contributed by atoms with E-state index in [0.717, 1.165) is 53.3 Å². The number of hydrogen-bond acceptors (Lipinski definition) is 4. The van der Waals surface area contributed by atoms with Crippen molar-refractivity contribution in [3.8, 4) is 0 Å². The summed E-state index contributed by atoms with van der Waals surface area (Å²) >= 11 is 0. The fraction of sp³-hybridized carbons (Fsp3) is 0.192. The topological polar surface area (TPSA) is 91.3 Å². The summed E-state index contributed by atoms with van der Waals surface area (Å²) in [4.78, 5) is 28.8. The monoisotopic (exact) mass is 437 g/mol. The second-order valence-electron chi connectivity index (χ2n) is 8.52. The minimum absolute atomic E-state index is 0.159. The van der Waals surface area contributed by atoms with Crippen molar-refractivity contribution in [1.29, 1.82) is 0 Å². The molecule has 0 aliphatic carbocycles. The Morgan fingerprint density at radius 1 is 1.00 bits per heavy atom. The minimum atomic E-state index is -0.199. The molecule has 6 rings (SSSR count). The maximum absolute atomic E-state index is 13.3. The highest BCUT2D eigenvalue weighted by molar-refractivity contribution is 6.16. The first kappa shape index (κ1) is 19.7. The number of fused-ring (bicyclic) bond motifs is 4. The first-order valence-corrected chi connectivity index (χ1v) is 11.2. The van der Waals surface area contributed by atoms with Crippen LogP contribution >= 0.6 is 0 Å². The third-order valence-electron chi connectivity index (χ3n) is 6.50. The molecule has 0 bridgehead atoms. The molecule has 7 nitrogen and oxygen atoms in total. The molecule has 2 aromatic heterocycles. The van der Waals surface area contributed by atoms with Gasteiger partial charge in [-0.1, -0.05) is 42.5 Å². The van der Waals surface area contributed by atoms with Crippen LogP contribution in [0.25, 0.3) is 27.3 Å². The number of amides is 1. The van der Waals surface area contributed by atoms with Crippen molar-refractivity contribution in [3.63, 3.8) is 0 Å². The molecule has 5 aromatic rings. The highest BCUT2D eigenvalue weighted by atomic mass is 16.1. The van der Waals surface area contributed by atoms with Gasteiger partial charge in [0.05, 0.1) is 22.3 Å². The number of rotatable bonds is 3. The molecule has 3 heterocycles. The highest BCUT2D eigenvalue weighted by Gasteiger charge is 2.22. The van der Waals surface area contributed by atoms with Gasteiger partial charge in [0, 0.05) is 17.5 Å². The van der Waals surface area contributed by atoms with Crippen LogP contribution in [-0.4, -0.2) is 33.6 Å². The number of carbonyl (C=O) groups excluding carboxylic acids is 1. The SMILES string of the molecule is O=C(Nc1cccc2nn3c(C4CCNCC4)cc(=O)[nH]c3c12)c1cccc2ccccc12. The lowest BCUT2D eigenvalue weighted by Crippen LogP contribution is -2.28. The molecular formula is C26H23N5O2. The molecule has 0 spiro atoms. The van der Waals surface area contributed by atoms with Crippen molar-refractivity contribution in [2.75, 3.05) is 18.4 Å². The molecule has 33 heavy (non-hydrogen) atoms. The largest absolute Gasteiger partial charge is 0.321 e. The standard InChI is InChI=1S/C26H23N5O2/c32-23-15-22(17-11-13-27-14-12-17)31-25(29-23)24-20(9-4-10-21(24)30-31)28-26(33)19-8-3-6-16-5-1-2-7-18(16)19/h1-10,15,17,27H,11-14H2,(H,28,33)(H,29,32). The van der Waals surface area contributed by atoms with Crippen molar-refractivity contribution >= 4 is 38.9 Å². The molecule has 1 amide bonds. The lowest BCUT2D eigenvalue weighted by molar-refractivity contribution is 0.102. The van der Waals surface area contributed by atoms with Crippen molar-refractivity contribution < 1.29 is 4.79 Å². The summed E-state index contributed by atoms with van der Waals surface area (Å²) in [5.41, 5.74) is 3.32. The van der Waals surface area contributed by atoms with Crippen LogP contribution in [0.2, 0.25) is 0 Å². The fourth-order valence-corrected chi connectivity index (χ4v) is 4.91. The van der Waals surface area contributed by atoms with Gasteiger partial charge in [-0.3, -0.25) is 9.59 Å². The van der Waals surface area contributed by atoms with Crippen LogP contribution in [0.4, 0.5) is 5.69 Å². The number of H-pyrrole nitrogens is 1. The Balaban J connectivity index is 1.48. The molecule has 0 saturated carbocycles. The number of anilines is 1. The number of nitrogens with zero attached hydrogens (tertiary/aromatic N) is 2. The number of carbonyl (C=O) groups is 1.